The summed E-state index contributed by atoms with van der Waals surface area (Å²) in [5, 5.41) is 3.51. The zero-order valence-electron chi connectivity index (χ0n) is 14.1. The molecule has 0 aromatic rings. The molecule has 19 heavy (non-hydrogen) atoms. The van der Waals surface area contributed by atoms with Gasteiger partial charge in [0, 0.05) is 18.1 Å². The lowest BCUT2D eigenvalue weighted by Crippen LogP contribution is -2.42. The Hall–Kier alpha value is -0.0800. The Morgan fingerprint density at radius 1 is 1.16 bits per heavy atom. The van der Waals surface area contributed by atoms with Crippen LogP contribution in [-0.4, -0.2) is 36.6 Å². The Kier molecular flexibility index (Phi) is 6.82. The minimum absolute atomic E-state index is 0.585. The molecule has 1 fully saturated rings. The van der Waals surface area contributed by atoms with E-state index in [0.717, 1.165) is 18.6 Å². The van der Waals surface area contributed by atoms with Gasteiger partial charge in [0.15, 0.2) is 0 Å². The maximum absolute atomic E-state index is 3.51. The molecule has 0 amide bonds. The highest BCUT2D eigenvalue weighted by molar-refractivity contribution is 4.84. The fraction of sp³-hybridized carbons (Fsp3) is 1.00. The van der Waals surface area contributed by atoms with Gasteiger partial charge in [-0.25, -0.2) is 0 Å². The monoisotopic (exact) mass is 268 g/mol. The molecule has 0 heterocycles. The molecule has 1 rings (SSSR count). The van der Waals surface area contributed by atoms with E-state index in [0.29, 0.717) is 11.5 Å². The summed E-state index contributed by atoms with van der Waals surface area (Å²) in [6, 6.07) is 2.16. The molecule has 1 N–H and O–H groups in total. The molecule has 1 aliphatic rings. The second-order valence-electron chi connectivity index (χ2n) is 7.66. The Morgan fingerprint density at radius 3 is 2.26 bits per heavy atom. The molecule has 114 valence electrons. The van der Waals surface area contributed by atoms with Crippen molar-refractivity contribution in [3.63, 3.8) is 0 Å². The number of nitrogens with zero attached hydrogens (tertiary/aromatic N) is 1. The quantitative estimate of drug-likeness (QED) is 0.701. The van der Waals surface area contributed by atoms with Crippen molar-refractivity contribution < 1.29 is 0 Å². The van der Waals surface area contributed by atoms with Crippen molar-refractivity contribution >= 4 is 0 Å². The van der Waals surface area contributed by atoms with Crippen LogP contribution in [0.1, 0.15) is 73.1 Å². The van der Waals surface area contributed by atoms with Crippen LogP contribution in [0, 0.1) is 5.41 Å². The number of rotatable bonds is 7. The second kappa shape index (κ2) is 7.64. The average Bonchev–Trinajstić information content (AvgIpc) is 2.33. The van der Waals surface area contributed by atoms with Crippen molar-refractivity contribution in [3.05, 3.63) is 0 Å². The lowest BCUT2D eigenvalue weighted by Gasteiger charge is -2.41. The zero-order chi connectivity index (χ0) is 14.5. The van der Waals surface area contributed by atoms with Crippen molar-refractivity contribution in [3.8, 4) is 0 Å². The van der Waals surface area contributed by atoms with Gasteiger partial charge in [-0.2, -0.15) is 0 Å². The largest absolute Gasteiger partial charge is 0.315 e. The molecule has 0 aromatic carbocycles. The highest BCUT2D eigenvalue weighted by Gasteiger charge is 2.30. The lowest BCUT2D eigenvalue weighted by molar-refractivity contribution is 0.0961. The minimum Gasteiger partial charge on any atom is -0.315 e. The van der Waals surface area contributed by atoms with Crippen LogP contribution in [0.25, 0.3) is 0 Å². The maximum Gasteiger partial charge on any atom is 0.00954 e. The molecule has 1 unspecified atom stereocenters. The topological polar surface area (TPSA) is 15.3 Å². The van der Waals surface area contributed by atoms with Gasteiger partial charge in [-0.3, -0.25) is 0 Å². The van der Waals surface area contributed by atoms with E-state index in [1.54, 1.807) is 0 Å². The van der Waals surface area contributed by atoms with Gasteiger partial charge in [0.2, 0.25) is 0 Å². The fourth-order valence-electron chi connectivity index (χ4n) is 3.14. The molecule has 1 saturated carbocycles. The van der Waals surface area contributed by atoms with Crippen LogP contribution in [0.3, 0.4) is 0 Å². The van der Waals surface area contributed by atoms with Crippen molar-refractivity contribution in [1.82, 2.24) is 10.2 Å². The van der Waals surface area contributed by atoms with Crippen LogP contribution in [0.2, 0.25) is 0 Å². The molecule has 0 spiro atoms. The molecule has 0 radical (unpaired) electrons. The van der Waals surface area contributed by atoms with E-state index in [1.807, 2.05) is 0 Å². The first-order valence-corrected chi connectivity index (χ1v) is 8.27. The molecule has 0 saturated heterocycles. The van der Waals surface area contributed by atoms with Gasteiger partial charge in [-0.05, 0) is 64.5 Å². The first-order valence-electron chi connectivity index (χ1n) is 8.27. The average molecular weight is 268 g/mol. The van der Waals surface area contributed by atoms with Crippen molar-refractivity contribution in [2.75, 3.05) is 13.6 Å². The van der Waals surface area contributed by atoms with E-state index >= 15 is 0 Å². The van der Waals surface area contributed by atoms with E-state index in [9.17, 15) is 0 Å². The van der Waals surface area contributed by atoms with Gasteiger partial charge in [0.25, 0.3) is 0 Å². The van der Waals surface area contributed by atoms with Crippen LogP contribution >= 0.6 is 0 Å². The van der Waals surface area contributed by atoms with Gasteiger partial charge in [-0.15, -0.1) is 0 Å². The third-order valence-electron chi connectivity index (χ3n) is 4.93. The van der Waals surface area contributed by atoms with E-state index in [4.69, 9.17) is 0 Å². The first-order chi connectivity index (χ1) is 8.82. The maximum atomic E-state index is 3.51. The molecular weight excluding hydrogens is 232 g/mol. The van der Waals surface area contributed by atoms with Crippen LogP contribution in [0.15, 0.2) is 0 Å². The Labute approximate surface area is 121 Å². The Balaban J connectivity index is 2.23. The second-order valence-corrected chi connectivity index (χ2v) is 7.66. The van der Waals surface area contributed by atoms with Crippen LogP contribution < -0.4 is 5.32 Å². The summed E-state index contributed by atoms with van der Waals surface area (Å²) in [6.07, 6.45) is 8.17. The zero-order valence-corrected chi connectivity index (χ0v) is 14.1. The summed E-state index contributed by atoms with van der Waals surface area (Å²) in [7, 11) is 2.34. The van der Waals surface area contributed by atoms with E-state index in [-0.39, 0.29) is 0 Å². The summed E-state index contributed by atoms with van der Waals surface area (Å²) >= 11 is 0. The third-order valence-corrected chi connectivity index (χ3v) is 4.93. The smallest absolute Gasteiger partial charge is 0.00954 e. The summed E-state index contributed by atoms with van der Waals surface area (Å²) in [5.41, 5.74) is 0.585. The molecule has 0 bridgehead atoms. The van der Waals surface area contributed by atoms with Gasteiger partial charge in [0.1, 0.15) is 0 Å². The van der Waals surface area contributed by atoms with Crippen molar-refractivity contribution in [1.29, 1.82) is 0 Å². The predicted octanol–water partition coefficient (Wildman–Crippen LogP) is 4.05. The minimum atomic E-state index is 0.585. The summed E-state index contributed by atoms with van der Waals surface area (Å²) in [5.74, 6) is 0. The third kappa shape index (κ3) is 6.27. The standard InChI is InChI=1S/C17H36N2/c1-14(2)18-13-7-8-15(3)19(6)16-9-11-17(4,5)12-10-16/h14-16,18H,7-13H2,1-6H3. The van der Waals surface area contributed by atoms with E-state index < -0.39 is 0 Å². The molecule has 0 aliphatic heterocycles. The van der Waals surface area contributed by atoms with E-state index in [2.05, 4.69) is 51.9 Å². The normalized spacial score (nSPS) is 22.1. The first kappa shape index (κ1) is 17.0. The summed E-state index contributed by atoms with van der Waals surface area (Å²) in [4.78, 5) is 2.64. The van der Waals surface area contributed by atoms with Crippen LogP contribution in [-0.2, 0) is 0 Å². The highest BCUT2D eigenvalue weighted by atomic mass is 15.2. The SMILES string of the molecule is CC(C)NCCCC(C)N(C)C1CCC(C)(C)CC1. The van der Waals surface area contributed by atoms with Crippen LogP contribution in [0.4, 0.5) is 0 Å². The number of hydrogen-bond donors (Lipinski definition) is 1. The fourth-order valence-corrected chi connectivity index (χ4v) is 3.14. The van der Waals surface area contributed by atoms with Crippen molar-refractivity contribution in [2.24, 2.45) is 5.41 Å². The predicted molar refractivity (Wildman–Crippen MR) is 85.6 cm³/mol. The number of hydrogen-bond acceptors (Lipinski definition) is 2. The molecule has 0 aromatic heterocycles. The Morgan fingerprint density at radius 2 is 1.74 bits per heavy atom. The van der Waals surface area contributed by atoms with Gasteiger partial charge in [-0.1, -0.05) is 27.7 Å². The van der Waals surface area contributed by atoms with Gasteiger partial charge in [0.05, 0.1) is 0 Å². The van der Waals surface area contributed by atoms with Gasteiger partial charge < -0.3 is 10.2 Å². The molecule has 2 heteroatoms. The van der Waals surface area contributed by atoms with Gasteiger partial charge >= 0.3 is 0 Å². The molecule has 2 nitrogen and oxygen atoms in total. The van der Waals surface area contributed by atoms with Crippen LogP contribution in [0.5, 0.6) is 0 Å². The Bertz CT molecular complexity index is 238. The molecular formula is C17H36N2. The molecule has 1 aliphatic carbocycles. The van der Waals surface area contributed by atoms with E-state index in [1.165, 1.54) is 38.5 Å². The highest BCUT2D eigenvalue weighted by Crippen LogP contribution is 2.37. The number of nitrogens with one attached hydrogen (secondary N) is 1. The summed E-state index contributed by atoms with van der Waals surface area (Å²) in [6.45, 7) is 12.8. The lowest BCUT2D eigenvalue weighted by atomic mass is 9.75. The van der Waals surface area contributed by atoms with Crippen molar-refractivity contribution in [2.45, 2.75) is 91.3 Å². The summed E-state index contributed by atoms with van der Waals surface area (Å²) < 4.78 is 0. The molecule has 1 atom stereocenters.